The van der Waals surface area contributed by atoms with Crippen molar-refractivity contribution in [1.29, 1.82) is 0 Å². The number of hydrogen-bond acceptors (Lipinski definition) is 18. The smallest absolute Gasteiger partial charge is 0.410 e. The van der Waals surface area contributed by atoms with Gasteiger partial charge in [0.05, 0.1) is 61.2 Å². The van der Waals surface area contributed by atoms with E-state index in [4.69, 9.17) is 23.9 Å². The van der Waals surface area contributed by atoms with Crippen molar-refractivity contribution < 1.29 is 81.2 Å². The molecule has 4 aromatic rings. The second kappa shape index (κ2) is 27.2. The summed E-state index contributed by atoms with van der Waals surface area (Å²) in [5.41, 5.74) is -0.415. The van der Waals surface area contributed by atoms with Crippen LogP contribution < -0.4 is 37.5 Å². The summed E-state index contributed by atoms with van der Waals surface area (Å²) in [6, 6.07) is 7.70. The number of esters is 2. The molecule has 0 saturated heterocycles. The van der Waals surface area contributed by atoms with Crippen molar-refractivity contribution in [2.75, 3.05) is 39.5 Å². The first-order valence-corrected chi connectivity index (χ1v) is 30.3. The van der Waals surface area contributed by atoms with E-state index in [0.717, 1.165) is 29.9 Å². The maximum absolute atomic E-state index is 15.6. The van der Waals surface area contributed by atoms with Crippen LogP contribution in [0.1, 0.15) is 126 Å². The van der Waals surface area contributed by atoms with Crippen molar-refractivity contribution in [3.05, 3.63) is 110 Å². The lowest BCUT2D eigenvalue weighted by Gasteiger charge is -2.32. The van der Waals surface area contributed by atoms with Crippen LogP contribution in [0, 0.1) is 18.7 Å². The van der Waals surface area contributed by atoms with Crippen molar-refractivity contribution in [3.8, 4) is 11.4 Å². The van der Waals surface area contributed by atoms with E-state index in [2.05, 4.69) is 31.9 Å². The fourth-order valence-corrected chi connectivity index (χ4v) is 11.5. The third kappa shape index (κ3) is 15.3. The van der Waals surface area contributed by atoms with Crippen LogP contribution in [0.5, 0.6) is 0 Å². The van der Waals surface area contributed by atoms with Gasteiger partial charge in [0.2, 0.25) is 35.4 Å². The predicted octanol–water partition coefficient (Wildman–Crippen LogP) is 1.84. The number of fused-ring (bicyclic) bond motifs is 5. The van der Waals surface area contributed by atoms with Crippen LogP contribution in [-0.2, 0) is 98.5 Å². The number of nitrogens with one attached hydrogen (secondary N) is 6. The molecule has 5 atom stereocenters. The number of aryl methyl sites for hydroxylation is 1. The van der Waals surface area contributed by atoms with Crippen molar-refractivity contribution >= 4 is 76.2 Å². The van der Waals surface area contributed by atoms with Crippen molar-refractivity contribution in [2.24, 2.45) is 5.92 Å². The fraction of sp³-hybridized carbons (Fsp3) is 0.484. The number of carbonyl (C=O) groups excluding carboxylic acids is 11. The summed E-state index contributed by atoms with van der Waals surface area (Å²) in [7, 11) is 0. The number of ether oxygens (including phenoxy) is 4. The molecule has 5 aliphatic rings. The summed E-state index contributed by atoms with van der Waals surface area (Å²) < 4.78 is 39.2. The van der Waals surface area contributed by atoms with Gasteiger partial charge in [-0.25, -0.2) is 19.0 Å². The first kappa shape index (κ1) is 67.0. The first-order valence-electron chi connectivity index (χ1n) is 30.3. The first-order chi connectivity index (χ1) is 43.4. The number of halogens is 1. The number of aliphatic hydroxyl groups is 1. The molecule has 2 aliphatic carbocycles. The van der Waals surface area contributed by atoms with Gasteiger partial charge >= 0.3 is 18.0 Å². The van der Waals surface area contributed by atoms with Gasteiger partial charge in [0, 0.05) is 41.2 Å². The normalized spacial score (nSPS) is 18.1. The molecule has 0 spiro atoms. The van der Waals surface area contributed by atoms with Gasteiger partial charge in [-0.15, -0.1) is 0 Å². The Kier molecular flexibility index (Phi) is 19.8. The number of carbonyl (C=O) groups is 11. The molecular weight excluding hydrogens is 1200 g/mol. The number of nitrogens with zero attached hydrogens (tertiary/aromatic N) is 4. The van der Waals surface area contributed by atoms with Gasteiger partial charge in [0.1, 0.15) is 55.1 Å². The number of benzene rings is 2. The average molecular weight is 1280 g/mol. The van der Waals surface area contributed by atoms with Crippen molar-refractivity contribution in [1.82, 2.24) is 51.3 Å². The average Bonchev–Trinajstić information content (AvgIpc) is 1.47. The van der Waals surface area contributed by atoms with E-state index in [-0.39, 0.29) is 43.0 Å². The van der Waals surface area contributed by atoms with Crippen LogP contribution in [0.25, 0.3) is 22.3 Å². The van der Waals surface area contributed by atoms with E-state index < -0.39 is 157 Å². The standard InChI is InChI=1S/C64H75FN10O17/c1-9-64(88)39-23-44-55-37(28-74(44)59(85)38(39)31-89-60(64)86)54-41(18-17-36-33(2)40(65)24-42(71-55)53(36)54)72-58(84)46(22-35-15-16-35)90-32-69-48(77)26-67-56(82)43(21-34-13-11-10-12-14-34)70-49(78)27-66-47(76)25-68-57(83)45(75-50(79)19-20-51(75)80)29-73(61(87)92-63(6,7)8)30-52(81)91-62(3,4)5/h10-14,19-20,23-24,35,41,43,45-46,88H,9,15-18,21-22,25-32H2,1-8H3,(H,66,76)(H,67,82)(H,68,83)(H,69,77)(H,70,78)(H,72,84)/t41-,43+,45+,46+,64+/m1/s1. The second-order valence-electron chi connectivity index (χ2n) is 25.4. The Morgan fingerprint density at radius 3 is 2.12 bits per heavy atom. The molecule has 5 heterocycles. The molecule has 2 aromatic heterocycles. The highest BCUT2D eigenvalue weighted by molar-refractivity contribution is 6.15. The highest BCUT2D eigenvalue weighted by Crippen LogP contribution is 2.46. The van der Waals surface area contributed by atoms with Gasteiger partial charge in [0.25, 0.3) is 17.4 Å². The molecule has 2 aromatic carbocycles. The van der Waals surface area contributed by atoms with E-state index in [1.54, 1.807) is 91.8 Å². The highest BCUT2D eigenvalue weighted by Gasteiger charge is 2.47. The Hall–Kier alpha value is -9.44. The maximum Gasteiger partial charge on any atom is 0.410 e. The number of pyridine rings is 2. The molecular formula is C64H75FN10O17. The van der Waals surface area contributed by atoms with E-state index in [1.807, 2.05) is 0 Å². The Morgan fingerprint density at radius 2 is 1.47 bits per heavy atom. The van der Waals surface area contributed by atoms with Crippen LogP contribution in [0.4, 0.5) is 9.18 Å². The molecule has 1 saturated carbocycles. The predicted molar refractivity (Wildman–Crippen MR) is 323 cm³/mol. The van der Waals surface area contributed by atoms with Crippen LogP contribution in [0.15, 0.2) is 59.4 Å². The topological polar surface area (TPSA) is 358 Å². The number of rotatable bonds is 24. The molecule has 1 fully saturated rings. The number of amides is 9. The molecule has 28 heteroatoms. The van der Waals surface area contributed by atoms with Crippen molar-refractivity contribution in [2.45, 2.75) is 155 Å². The van der Waals surface area contributed by atoms with Gasteiger partial charge in [-0.2, -0.15) is 0 Å². The van der Waals surface area contributed by atoms with Gasteiger partial charge in [-0.1, -0.05) is 50.1 Å². The molecule has 0 bridgehead atoms. The third-order valence-corrected chi connectivity index (χ3v) is 16.3. The lowest BCUT2D eigenvalue weighted by atomic mass is 9.81. The van der Waals surface area contributed by atoms with Gasteiger partial charge in [0.15, 0.2) is 5.60 Å². The quantitative estimate of drug-likeness (QED) is 0.0201. The number of imide groups is 1. The van der Waals surface area contributed by atoms with Crippen LogP contribution >= 0.6 is 0 Å². The molecule has 0 unspecified atom stereocenters. The zero-order valence-electron chi connectivity index (χ0n) is 52.3. The molecule has 490 valence electrons. The van der Waals surface area contributed by atoms with E-state index in [1.165, 1.54) is 10.6 Å². The highest BCUT2D eigenvalue weighted by atomic mass is 19.1. The van der Waals surface area contributed by atoms with Crippen LogP contribution in [-0.4, -0.2) is 159 Å². The molecule has 9 amide bonds. The minimum atomic E-state index is -2.08. The summed E-state index contributed by atoms with van der Waals surface area (Å²) in [6.07, 6.45) is 2.28. The Labute approximate surface area is 527 Å². The fourth-order valence-electron chi connectivity index (χ4n) is 11.5. The van der Waals surface area contributed by atoms with Crippen molar-refractivity contribution in [3.63, 3.8) is 0 Å². The zero-order chi connectivity index (χ0) is 66.7. The number of aromatic nitrogens is 2. The lowest BCUT2D eigenvalue weighted by molar-refractivity contribution is -0.172. The van der Waals surface area contributed by atoms with Gasteiger partial charge in [-0.05, 0) is 108 Å². The minimum Gasteiger partial charge on any atom is -0.459 e. The monoisotopic (exact) mass is 1270 g/mol. The largest absolute Gasteiger partial charge is 0.459 e. The maximum atomic E-state index is 15.6. The molecule has 3 aliphatic heterocycles. The Balaban J connectivity index is 0.807. The van der Waals surface area contributed by atoms with Gasteiger partial charge < -0.3 is 60.5 Å². The molecule has 7 N–H and O–H groups in total. The molecule has 9 rings (SSSR count). The zero-order valence-corrected chi connectivity index (χ0v) is 52.3. The minimum absolute atomic E-state index is 0.0296. The summed E-state index contributed by atoms with van der Waals surface area (Å²) in [5, 5.41) is 27.5. The molecule has 92 heavy (non-hydrogen) atoms. The summed E-state index contributed by atoms with van der Waals surface area (Å²) in [6.45, 7) is 8.33. The molecule has 27 nitrogen and oxygen atoms in total. The SMILES string of the molecule is CC[C@@]1(O)C(=O)OCc2c1cc1n(c2=O)Cc2c-1nc1cc(F)c(C)c3c1c2[C@H](NC(=O)[C@H](CC1CC1)OCNC(=O)CNC(=O)[C@H](Cc1ccccc1)NC(=O)CNC(=O)CNC(=O)[C@H](CN(CC(=O)OC(C)(C)C)C(=O)OC(C)(C)C)N1C(=O)C=CC1=O)CC3. The summed E-state index contributed by atoms with van der Waals surface area (Å²) >= 11 is 0. The van der Waals surface area contributed by atoms with Gasteiger partial charge in [-0.3, -0.25) is 57.7 Å². The van der Waals surface area contributed by atoms with E-state index in [0.29, 0.717) is 74.3 Å². The third-order valence-electron chi connectivity index (χ3n) is 16.3. The molecule has 0 radical (unpaired) electrons. The summed E-state index contributed by atoms with van der Waals surface area (Å²) in [5.74, 6) is -8.80. The van der Waals surface area contributed by atoms with E-state index >= 15 is 4.39 Å². The second-order valence-corrected chi connectivity index (χ2v) is 25.4. The van der Waals surface area contributed by atoms with Crippen LogP contribution in [0.3, 0.4) is 0 Å². The van der Waals surface area contributed by atoms with Crippen LogP contribution in [0.2, 0.25) is 0 Å². The Bertz CT molecular complexity index is 3760. The number of hydrogen-bond donors (Lipinski definition) is 7. The van der Waals surface area contributed by atoms with E-state index in [9.17, 15) is 62.6 Å². The lowest BCUT2D eigenvalue weighted by Crippen LogP contribution is -2.57. The Morgan fingerprint density at radius 1 is 0.815 bits per heavy atom. The summed E-state index contributed by atoms with van der Waals surface area (Å²) in [4.78, 5) is 167. The number of cyclic esters (lactones) is 1.